The van der Waals surface area contributed by atoms with Crippen molar-refractivity contribution in [2.75, 3.05) is 18.0 Å². The Balaban J connectivity index is 0.000000542. The second kappa shape index (κ2) is 11.2. The van der Waals surface area contributed by atoms with Gasteiger partial charge in [0, 0.05) is 22.9 Å². The molecule has 0 radical (unpaired) electrons. The van der Waals surface area contributed by atoms with Crippen molar-refractivity contribution in [3.8, 4) is 0 Å². The first-order valence-corrected chi connectivity index (χ1v) is 9.57. The maximum atomic E-state index is 10.5. The molecule has 1 heterocycles. The van der Waals surface area contributed by atoms with Gasteiger partial charge in [-0.15, -0.1) is 12.4 Å². The predicted octanol–water partition coefficient (Wildman–Crippen LogP) is 2.18. The second-order valence-electron chi connectivity index (χ2n) is 5.29. The van der Waals surface area contributed by atoms with E-state index in [0.29, 0.717) is 21.0 Å². The molecule has 0 saturated carbocycles. The van der Waals surface area contributed by atoms with Crippen LogP contribution in [0.3, 0.4) is 0 Å². The van der Waals surface area contributed by atoms with E-state index < -0.39 is 0 Å². The zero-order valence-corrected chi connectivity index (χ0v) is 18.2. The predicted molar refractivity (Wildman–Crippen MR) is 118 cm³/mol. The maximum Gasteiger partial charge on any atom is 0.227 e. The highest BCUT2D eigenvalue weighted by Gasteiger charge is 2.17. The van der Waals surface area contributed by atoms with Crippen molar-refractivity contribution < 1.29 is 10.0 Å². The SMILES string of the molecule is CN=C1CN(O)C(c2ccccc2)=c2cc(Cl)ccc2=N1.Cl.NC(=O)CI. The van der Waals surface area contributed by atoms with Crippen molar-refractivity contribution in [3.63, 3.8) is 0 Å². The van der Waals surface area contributed by atoms with E-state index in [1.165, 1.54) is 5.06 Å². The van der Waals surface area contributed by atoms with E-state index in [1.807, 2.05) is 65.1 Å². The number of nitrogens with zero attached hydrogens (tertiary/aromatic N) is 3. The number of carbonyl (C=O) groups is 1. The molecule has 0 unspecified atom stereocenters. The minimum Gasteiger partial charge on any atom is -0.369 e. The smallest absolute Gasteiger partial charge is 0.227 e. The number of rotatable bonds is 2. The number of benzene rings is 2. The first-order valence-electron chi connectivity index (χ1n) is 7.66. The van der Waals surface area contributed by atoms with Crippen molar-refractivity contribution in [2.24, 2.45) is 15.7 Å². The zero-order chi connectivity index (χ0) is 19.1. The number of hydroxylamine groups is 2. The van der Waals surface area contributed by atoms with Gasteiger partial charge in [0.15, 0.2) is 0 Å². The molecular formula is C18H19Cl2IN4O2. The van der Waals surface area contributed by atoms with E-state index in [0.717, 1.165) is 16.1 Å². The minimum absolute atomic E-state index is 0. The third-order valence-electron chi connectivity index (χ3n) is 3.45. The second-order valence-corrected chi connectivity index (χ2v) is 6.48. The molecule has 0 aliphatic carbocycles. The van der Waals surface area contributed by atoms with Gasteiger partial charge >= 0.3 is 0 Å². The van der Waals surface area contributed by atoms with Gasteiger partial charge in [-0.1, -0.05) is 64.5 Å². The van der Waals surface area contributed by atoms with Crippen LogP contribution in [-0.4, -0.2) is 40.0 Å². The van der Waals surface area contributed by atoms with E-state index in [2.05, 4.69) is 15.7 Å². The van der Waals surface area contributed by atoms with Gasteiger partial charge in [0.05, 0.1) is 15.5 Å². The van der Waals surface area contributed by atoms with Crippen molar-refractivity contribution >= 4 is 64.0 Å². The van der Waals surface area contributed by atoms with E-state index in [4.69, 9.17) is 11.6 Å². The summed E-state index contributed by atoms with van der Waals surface area (Å²) in [5.74, 6) is 0.303. The lowest BCUT2D eigenvalue weighted by molar-refractivity contribution is -0.115. The Morgan fingerprint density at radius 3 is 2.52 bits per heavy atom. The zero-order valence-electron chi connectivity index (χ0n) is 14.5. The Hall–Kier alpha value is -1.68. The lowest BCUT2D eigenvalue weighted by Crippen LogP contribution is -2.31. The standard InChI is InChI=1S/C16H14ClN3O.C2H4INO.ClH/c1-18-15-10-20(21)16(11-5-3-2-4-6-11)13-9-12(17)7-8-14(13)19-15;3-1-2(4)5;/h2-9,21H,10H2,1H3;1H2,(H2,4,5);1H. The van der Waals surface area contributed by atoms with Crippen molar-refractivity contribution in [1.29, 1.82) is 0 Å². The summed E-state index contributed by atoms with van der Waals surface area (Å²) in [6.45, 7) is 0.229. The molecule has 144 valence electrons. The molecule has 9 heteroatoms. The molecule has 1 aliphatic rings. The molecule has 0 saturated heterocycles. The molecule has 0 atom stereocenters. The quantitative estimate of drug-likeness (QED) is 0.469. The lowest BCUT2D eigenvalue weighted by Gasteiger charge is -2.19. The number of amides is 1. The highest BCUT2D eigenvalue weighted by Crippen LogP contribution is 2.15. The molecular weight excluding hydrogens is 502 g/mol. The van der Waals surface area contributed by atoms with Gasteiger partial charge in [0.2, 0.25) is 5.91 Å². The minimum atomic E-state index is -0.259. The summed E-state index contributed by atoms with van der Waals surface area (Å²) in [5.41, 5.74) is 6.22. The Morgan fingerprint density at radius 1 is 1.33 bits per heavy atom. The molecule has 0 spiro atoms. The van der Waals surface area contributed by atoms with Crippen LogP contribution in [-0.2, 0) is 4.79 Å². The molecule has 3 rings (SSSR count). The van der Waals surface area contributed by atoms with Crippen LogP contribution >= 0.6 is 46.6 Å². The van der Waals surface area contributed by atoms with E-state index >= 15 is 0 Å². The van der Waals surface area contributed by atoms with Gasteiger partial charge < -0.3 is 5.73 Å². The number of aliphatic imine (C=N–C) groups is 1. The highest BCUT2D eigenvalue weighted by atomic mass is 127. The summed E-state index contributed by atoms with van der Waals surface area (Å²) in [5, 5.41) is 13.8. The van der Waals surface area contributed by atoms with Crippen LogP contribution in [0.4, 0.5) is 0 Å². The molecule has 0 aromatic heterocycles. The third kappa shape index (κ3) is 6.46. The number of halogens is 3. The van der Waals surface area contributed by atoms with Crippen LogP contribution in [0, 0.1) is 0 Å². The van der Waals surface area contributed by atoms with Gasteiger partial charge in [-0.2, -0.15) is 0 Å². The molecule has 1 amide bonds. The van der Waals surface area contributed by atoms with Crippen LogP contribution in [0.15, 0.2) is 58.5 Å². The fraction of sp³-hybridized carbons (Fsp3) is 0.167. The van der Waals surface area contributed by atoms with Gasteiger partial charge in [-0.05, 0) is 18.2 Å². The number of primary amides is 1. The fourth-order valence-corrected chi connectivity index (χ4v) is 2.52. The van der Waals surface area contributed by atoms with Crippen molar-refractivity contribution in [2.45, 2.75) is 0 Å². The molecule has 2 aromatic rings. The Labute approximate surface area is 182 Å². The third-order valence-corrected chi connectivity index (χ3v) is 4.44. The summed E-state index contributed by atoms with van der Waals surface area (Å²) >= 11 is 8.02. The summed E-state index contributed by atoms with van der Waals surface area (Å²) in [6.07, 6.45) is 0. The normalized spacial score (nSPS) is 14.1. The number of fused-ring (bicyclic) bond motifs is 1. The fourth-order valence-electron chi connectivity index (χ4n) is 2.34. The molecule has 3 N–H and O–H groups in total. The number of hydrogen-bond acceptors (Lipinski definition) is 4. The number of amidine groups is 1. The average Bonchev–Trinajstić information content (AvgIpc) is 2.78. The van der Waals surface area contributed by atoms with Crippen LogP contribution in [0.1, 0.15) is 5.56 Å². The molecule has 27 heavy (non-hydrogen) atoms. The van der Waals surface area contributed by atoms with Gasteiger partial charge in [-0.25, -0.2) is 10.1 Å². The van der Waals surface area contributed by atoms with Crippen molar-refractivity contribution in [3.05, 3.63) is 69.7 Å². The number of nitrogens with two attached hydrogens (primary N) is 1. The number of alkyl halides is 1. The first-order chi connectivity index (χ1) is 12.5. The molecule has 2 aromatic carbocycles. The first kappa shape index (κ1) is 23.4. The van der Waals surface area contributed by atoms with Gasteiger partial charge in [0.1, 0.15) is 12.4 Å². The Morgan fingerprint density at radius 2 is 1.96 bits per heavy atom. The van der Waals surface area contributed by atoms with Crippen LogP contribution in [0.25, 0.3) is 5.70 Å². The summed E-state index contributed by atoms with van der Waals surface area (Å²) < 4.78 is 0.414. The Kier molecular flexibility index (Phi) is 9.71. The van der Waals surface area contributed by atoms with E-state index in [1.54, 1.807) is 13.1 Å². The average molecular weight is 521 g/mol. The topological polar surface area (TPSA) is 91.3 Å². The van der Waals surface area contributed by atoms with Crippen molar-refractivity contribution in [1.82, 2.24) is 5.06 Å². The Bertz CT molecular complexity index is 936. The lowest BCUT2D eigenvalue weighted by atomic mass is 10.1. The molecule has 0 bridgehead atoms. The van der Waals surface area contributed by atoms with Crippen LogP contribution in [0.2, 0.25) is 5.02 Å². The van der Waals surface area contributed by atoms with E-state index in [9.17, 15) is 10.0 Å². The molecule has 6 nitrogen and oxygen atoms in total. The largest absolute Gasteiger partial charge is 0.369 e. The molecule has 1 aliphatic heterocycles. The summed E-state index contributed by atoms with van der Waals surface area (Å²) in [6, 6.07) is 15.1. The summed E-state index contributed by atoms with van der Waals surface area (Å²) in [4.78, 5) is 18.2. The van der Waals surface area contributed by atoms with Gasteiger partial charge in [0.25, 0.3) is 0 Å². The van der Waals surface area contributed by atoms with Crippen LogP contribution < -0.4 is 16.3 Å². The van der Waals surface area contributed by atoms with E-state index in [-0.39, 0.29) is 24.9 Å². The number of carbonyl (C=O) groups excluding carboxylic acids is 1. The highest BCUT2D eigenvalue weighted by molar-refractivity contribution is 14.1. The van der Waals surface area contributed by atoms with Crippen LogP contribution in [0.5, 0.6) is 0 Å². The maximum absolute atomic E-state index is 10.5. The number of hydrogen-bond donors (Lipinski definition) is 2. The molecule has 0 fully saturated rings. The monoisotopic (exact) mass is 520 g/mol. The summed E-state index contributed by atoms with van der Waals surface area (Å²) in [7, 11) is 1.66. The van der Waals surface area contributed by atoms with Gasteiger partial charge in [-0.3, -0.25) is 15.0 Å².